The maximum absolute atomic E-state index is 11.6. The number of hydrogen-bond donors (Lipinski definition) is 1. The molecule has 0 aromatic rings. The van der Waals surface area contributed by atoms with Gasteiger partial charge in [-0.25, -0.2) is 0 Å². The Morgan fingerprint density at radius 1 is 1.47 bits per heavy atom. The molecule has 4 heteroatoms. The van der Waals surface area contributed by atoms with Crippen LogP contribution < -0.4 is 5.73 Å². The summed E-state index contributed by atoms with van der Waals surface area (Å²) in [6, 6.07) is 0. The van der Waals surface area contributed by atoms with E-state index in [2.05, 4.69) is 6.92 Å². The molecule has 0 aromatic heterocycles. The predicted octanol–water partition coefficient (Wildman–Crippen LogP) is 2.19. The van der Waals surface area contributed by atoms with Gasteiger partial charge in [0.2, 0.25) is 0 Å². The molecule has 0 saturated heterocycles. The molecule has 0 radical (unpaired) electrons. The van der Waals surface area contributed by atoms with Crippen molar-refractivity contribution in [3.63, 3.8) is 0 Å². The molecule has 0 aliphatic carbocycles. The van der Waals surface area contributed by atoms with E-state index in [1.54, 1.807) is 11.8 Å². The molecule has 2 N–H and O–H groups in total. The van der Waals surface area contributed by atoms with Gasteiger partial charge in [0.25, 0.3) is 0 Å². The molecule has 1 atom stereocenters. The van der Waals surface area contributed by atoms with Crippen LogP contribution in [0, 0.1) is 0 Å². The zero-order valence-corrected chi connectivity index (χ0v) is 11.0. The molecular formula is C11H23NO2S. The van der Waals surface area contributed by atoms with Gasteiger partial charge in [-0.1, -0.05) is 13.3 Å². The first-order chi connectivity index (χ1) is 6.90. The minimum Gasteiger partial charge on any atom is -0.465 e. The van der Waals surface area contributed by atoms with Gasteiger partial charge in [0.15, 0.2) is 0 Å². The molecule has 0 heterocycles. The second-order valence-corrected chi connectivity index (χ2v) is 5.52. The number of nitrogens with two attached hydrogens (primary N) is 1. The first kappa shape index (κ1) is 14.8. The quantitative estimate of drug-likeness (QED) is 0.685. The van der Waals surface area contributed by atoms with E-state index in [1.807, 2.05) is 20.8 Å². The van der Waals surface area contributed by atoms with Crippen molar-refractivity contribution in [1.82, 2.24) is 0 Å². The van der Waals surface area contributed by atoms with Crippen LogP contribution in [0.2, 0.25) is 0 Å². The summed E-state index contributed by atoms with van der Waals surface area (Å²) in [7, 11) is 0. The van der Waals surface area contributed by atoms with Crippen LogP contribution in [-0.4, -0.2) is 29.1 Å². The fourth-order valence-corrected chi connectivity index (χ4v) is 2.32. The third kappa shape index (κ3) is 7.68. The van der Waals surface area contributed by atoms with Crippen molar-refractivity contribution in [3.05, 3.63) is 0 Å². The third-order valence-corrected chi connectivity index (χ3v) is 3.50. The number of hydrogen-bond acceptors (Lipinski definition) is 4. The number of ether oxygens (including phenoxy) is 1. The van der Waals surface area contributed by atoms with E-state index >= 15 is 0 Å². The van der Waals surface area contributed by atoms with Gasteiger partial charge in [-0.2, -0.15) is 0 Å². The Kier molecular flexibility index (Phi) is 7.02. The maximum Gasteiger partial charge on any atom is 0.319 e. The summed E-state index contributed by atoms with van der Waals surface area (Å²) < 4.78 is 5.02. The van der Waals surface area contributed by atoms with Crippen LogP contribution in [0.15, 0.2) is 0 Å². The van der Waals surface area contributed by atoms with Crippen LogP contribution >= 0.6 is 11.8 Å². The summed E-state index contributed by atoms with van der Waals surface area (Å²) in [6.45, 7) is 8.28. The Morgan fingerprint density at radius 2 is 2.07 bits per heavy atom. The number of thioether (sulfide) groups is 1. The van der Waals surface area contributed by atoms with Gasteiger partial charge in [-0.05, 0) is 27.2 Å². The van der Waals surface area contributed by atoms with Gasteiger partial charge < -0.3 is 10.5 Å². The van der Waals surface area contributed by atoms with Crippen molar-refractivity contribution in [2.24, 2.45) is 5.73 Å². The molecule has 3 nitrogen and oxygen atoms in total. The monoisotopic (exact) mass is 233 g/mol. The smallest absolute Gasteiger partial charge is 0.319 e. The SMILES string of the molecule is CCCC(SCC(C)(C)N)C(=O)OCC. The van der Waals surface area contributed by atoms with E-state index in [0.717, 1.165) is 18.6 Å². The Bertz CT molecular complexity index is 190. The second kappa shape index (κ2) is 7.12. The summed E-state index contributed by atoms with van der Waals surface area (Å²) in [5.74, 6) is 0.671. The Morgan fingerprint density at radius 3 is 2.47 bits per heavy atom. The van der Waals surface area contributed by atoms with Crippen molar-refractivity contribution in [2.45, 2.75) is 51.3 Å². The van der Waals surface area contributed by atoms with Gasteiger partial charge in [0.1, 0.15) is 5.25 Å². The van der Waals surface area contributed by atoms with Crippen LogP contribution in [0.25, 0.3) is 0 Å². The maximum atomic E-state index is 11.6. The number of carbonyl (C=O) groups is 1. The Balaban J connectivity index is 4.09. The van der Waals surface area contributed by atoms with Crippen molar-refractivity contribution < 1.29 is 9.53 Å². The standard InChI is InChI=1S/C11H23NO2S/c1-5-7-9(10(13)14-6-2)15-8-11(3,4)12/h9H,5-8,12H2,1-4H3. The van der Waals surface area contributed by atoms with Gasteiger partial charge in [-0.3, -0.25) is 4.79 Å². The van der Waals surface area contributed by atoms with E-state index in [-0.39, 0.29) is 16.8 Å². The molecule has 0 rings (SSSR count). The summed E-state index contributed by atoms with van der Waals surface area (Å²) in [5.41, 5.74) is 5.65. The number of esters is 1. The Labute approximate surface area is 97.1 Å². The molecule has 0 spiro atoms. The van der Waals surface area contributed by atoms with Crippen molar-refractivity contribution >= 4 is 17.7 Å². The highest BCUT2D eigenvalue weighted by atomic mass is 32.2. The number of carbonyl (C=O) groups excluding carboxylic acids is 1. The van der Waals surface area contributed by atoms with Gasteiger partial charge >= 0.3 is 5.97 Å². The van der Waals surface area contributed by atoms with Gasteiger partial charge in [0.05, 0.1) is 6.61 Å². The normalized spacial score (nSPS) is 13.7. The van der Waals surface area contributed by atoms with E-state index in [9.17, 15) is 4.79 Å². The van der Waals surface area contributed by atoms with E-state index in [4.69, 9.17) is 10.5 Å². The third-order valence-electron chi connectivity index (χ3n) is 1.76. The largest absolute Gasteiger partial charge is 0.465 e. The van der Waals surface area contributed by atoms with Gasteiger partial charge in [0, 0.05) is 11.3 Å². The lowest BCUT2D eigenvalue weighted by atomic mass is 10.1. The van der Waals surface area contributed by atoms with Crippen LogP contribution in [0.3, 0.4) is 0 Å². The van der Waals surface area contributed by atoms with Crippen LogP contribution in [0.4, 0.5) is 0 Å². The van der Waals surface area contributed by atoms with Crippen LogP contribution in [0.1, 0.15) is 40.5 Å². The van der Waals surface area contributed by atoms with Crippen molar-refractivity contribution in [2.75, 3.05) is 12.4 Å². The lowest BCUT2D eigenvalue weighted by Crippen LogP contribution is -2.36. The molecule has 0 aliphatic heterocycles. The number of rotatable bonds is 7. The molecule has 90 valence electrons. The van der Waals surface area contributed by atoms with E-state index in [1.165, 1.54) is 0 Å². The Hall–Kier alpha value is -0.220. The highest BCUT2D eigenvalue weighted by Gasteiger charge is 2.22. The molecular weight excluding hydrogens is 210 g/mol. The molecule has 1 unspecified atom stereocenters. The highest BCUT2D eigenvalue weighted by molar-refractivity contribution is 8.00. The first-order valence-corrected chi connectivity index (χ1v) is 6.52. The minimum absolute atomic E-state index is 0.0576. The average molecular weight is 233 g/mol. The van der Waals surface area contributed by atoms with E-state index in [0.29, 0.717) is 6.61 Å². The zero-order chi connectivity index (χ0) is 11.9. The zero-order valence-electron chi connectivity index (χ0n) is 10.2. The van der Waals surface area contributed by atoms with Crippen molar-refractivity contribution in [1.29, 1.82) is 0 Å². The van der Waals surface area contributed by atoms with Crippen molar-refractivity contribution in [3.8, 4) is 0 Å². The molecule has 0 aliphatic rings. The van der Waals surface area contributed by atoms with Crippen LogP contribution in [-0.2, 0) is 9.53 Å². The summed E-state index contributed by atoms with van der Waals surface area (Å²) in [4.78, 5) is 11.6. The van der Waals surface area contributed by atoms with E-state index < -0.39 is 0 Å². The summed E-state index contributed by atoms with van der Waals surface area (Å²) in [6.07, 6.45) is 1.85. The van der Waals surface area contributed by atoms with Gasteiger partial charge in [-0.15, -0.1) is 11.8 Å². The molecule has 0 saturated carbocycles. The molecule has 0 amide bonds. The molecule has 15 heavy (non-hydrogen) atoms. The molecule has 0 fully saturated rings. The highest BCUT2D eigenvalue weighted by Crippen LogP contribution is 2.21. The predicted molar refractivity (Wildman–Crippen MR) is 66.1 cm³/mol. The molecule has 0 aromatic carbocycles. The fourth-order valence-electron chi connectivity index (χ4n) is 1.08. The summed E-state index contributed by atoms with van der Waals surface area (Å²) >= 11 is 1.60. The van der Waals surface area contributed by atoms with Crippen LogP contribution in [0.5, 0.6) is 0 Å². The average Bonchev–Trinajstić information content (AvgIpc) is 2.11. The minimum atomic E-state index is -0.233. The second-order valence-electron chi connectivity index (χ2n) is 4.33. The summed E-state index contributed by atoms with van der Waals surface area (Å²) in [5, 5.41) is -0.0576. The molecule has 0 bridgehead atoms. The first-order valence-electron chi connectivity index (χ1n) is 5.47. The lowest BCUT2D eigenvalue weighted by Gasteiger charge is -2.21. The lowest BCUT2D eigenvalue weighted by molar-refractivity contribution is -0.142. The topological polar surface area (TPSA) is 52.3 Å². The fraction of sp³-hybridized carbons (Fsp3) is 0.909.